The fraction of sp³-hybridized carbons (Fsp3) is 0.360. The standard InChI is InChI=1S/C25H31N5O4S/c1-6-30-23(20(13-31)26-24(33)18-7-9-19(34-5)10-8-18)28-29-25(30)35-14-21(32)27-22-16(3)11-15(2)12-17(22)4/h7-12,20,31H,6,13-14H2,1-5H3,(H,26,33)(H,27,32). The third-order valence-corrected chi connectivity index (χ3v) is 6.45. The number of amides is 2. The molecule has 0 radical (unpaired) electrons. The van der Waals surface area contributed by atoms with E-state index in [-0.39, 0.29) is 24.2 Å². The van der Waals surface area contributed by atoms with Gasteiger partial charge >= 0.3 is 0 Å². The van der Waals surface area contributed by atoms with E-state index in [1.807, 2.05) is 39.8 Å². The van der Waals surface area contributed by atoms with E-state index in [0.29, 0.717) is 28.8 Å². The van der Waals surface area contributed by atoms with Gasteiger partial charge in [-0.25, -0.2) is 0 Å². The van der Waals surface area contributed by atoms with Gasteiger partial charge in [-0.3, -0.25) is 9.59 Å². The Morgan fingerprint density at radius 3 is 2.34 bits per heavy atom. The van der Waals surface area contributed by atoms with Crippen molar-refractivity contribution in [2.75, 3.05) is 24.8 Å². The highest BCUT2D eigenvalue weighted by Gasteiger charge is 2.23. The summed E-state index contributed by atoms with van der Waals surface area (Å²) in [4.78, 5) is 25.3. The highest BCUT2D eigenvalue weighted by Crippen LogP contribution is 2.24. The SMILES string of the molecule is CCn1c(SCC(=O)Nc2c(C)cc(C)cc2C)nnc1C(CO)NC(=O)c1ccc(OC)cc1. The number of rotatable bonds is 10. The van der Waals surface area contributed by atoms with Gasteiger partial charge in [-0.1, -0.05) is 29.5 Å². The average molecular weight is 498 g/mol. The molecular formula is C25H31N5O4S. The average Bonchev–Trinajstić information content (AvgIpc) is 3.26. The second kappa shape index (κ2) is 11.9. The van der Waals surface area contributed by atoms with Gasteiger partial charge in [-0.05, 0) is 63.1 Å². The first-order valence-electron chi connectivity index (χ1n) is 11.3. The molecule has 0 fully saturated rings. The topological polar surface area (TPSA) is 118 Å². The first-order valence-corrected chi connectivity index (χ1v) is 12.2. The Morgan fingerprint density at radius 2 is 1.77 bits per heavy atom. The van der Waals surface area contributed by atoms with E-state index in [0.717, 1.165) is 22.4 Å². The minimum Gasteiger partial charge on any atom is -0.497 e. The lowest BCUT2D eigenvalue weighted by atomic mass is 10.1. The largest absolute Gasteiger partial charge is 0.497 e. The van der Waals surface area contributed by atoms with Crippen LogP contribution in [0.4, 0.5) is 5.69 Å². The Hall–Kier alpha value is -3.37. The number of anilines is 1. The summed E-state index contributed by atoms with van der Waals surface area (Å²) < 4.78 is 6.91. The van der Waals surface area contributed by atoms with Gasteiger partial charge in [0.15, 0.2) is 11.0 Å². The van der Waals surface area contributed by atoms with E-state index in [1.54, 1.807) is 35.9 Å². The van der Waals surface area contributed by atoms with Crippen LogP contribution in [0, 0.1) is 20.8 Å². The molecule has 2 amide bonds. The molecular weight excluding hydrogens is 466 g/mol. The molecule has 3 aromatic rings. The molecule has 0 saturated heterocycles. The molecule has 3 rings (SSSR count). The Balaban J connectivity index is 1.68. The molecule has 2 aromatic carbocycles. The summed E-state index contributed by atoms with van der Waals surface area (Å²) >= 11 is 1.25. The predicted molar refractivity (Wildman–Crippen MR) is 136 cm³/mol. The first kappa shape index (κ1) is 26.2. The van der Waals surface area contributed by atoms with Gasteiger partial charge in [-0.15, -0.1) is 10.2 Å². The predicted octanol–water partition coefficient (Wildman–Crippen LogP) is 3.43. The molecule has 0 aliphatic rings. The first-order chi connectivity index (χ1) is 16.8. The maximum absolute atomic E-state index is 12.7. The number of thioether (sulfide) groups is 1. The Bertz CT molecular complexity index is 1170. The van der Waals surface area contributed by atoms with Crippen molar-refractivity contribution in [1.29, 1.82) is 0 Å². The number of aromatic nitrogens is 3. The Morgan fingerprint density at radius 1 is 1.11 bits per heavy atom. The monoisotopic (exact) mass is 497 g/mol. The zero-order valence-electron chi connectivity index (χ0n) is 20.6. The fourth-order valence-electron chi connectivity index (χ4n) is 3.82. The third kappa shape index (κ3) is 6.40. The van der Waals surface area contributed by atoms with Gasteiger partial charge in [0, 0.05) is 17.8 Å². The van der Waals surface area contributed by atoms with Crippen LogP contribution in [-0.2, 0) is 11.3 Å². The zero-order chi connectivity index (χ0) is 25.5. The molecule has 0 spiro atoms. The van der Waals surface area contributed by atoms with Crippen molar-refractivity contribution in [3.63, 3.8) is 0 Å². The molecule has 0 aliphatic heterocycles. The molecule has 1 aromatic heterocycles. The molecule has 9 nitrogen and oxygen atoms in total. The van der Waals surface area contributed by atoms with Crippen molar-refractivity contribution in [1.82, 2.24) is 20.1 Å². The summed E-state index contributed by atoms with van der Waals surface area (Å²) in [5.74, 6) is 0.709. The summed E-state index contributed by atoms with van der Waals surface area (Å²) in [6.45, 7) is 8.04. The Labute approximate surface area is 209 Å². The minimum absolute atomic E-state index is 0.146. The maximum Gasteiger partial charge on any atom is 0.251 e. The highest BCUT2D eigenvalue weighted by atomic mass is 32.2. The molecule has 1 heterocycles. The lowest BCUT2D eigenvalue weighted by Gasteiger charge is -2.17. The smallest absolute Gasteiger partial charge is 0.251 e. The quantitative estimate of drug-likeness (QED) is 0.367. The van der Waals surface area contributed by atoms with Crippen molar-refractivity contribution in [2.45, 2.75) is 45.4 Å². The summed E-state index contributed by atoms with van der Waals surface area (Å²) in [6.07, 6.45) is 0. The molecule has 1 unspecified atom stereocenters. The second-order valence-electron chi connectivity index (χ2n) is 8.13. The van der Waals surface area contributed by atoms with Crippen LogP contribution in [0.3, 0.4) is 0 Å². The number of hydrogen-bond acceptors (Lipinski definition) is 7. The number of carbonyl (C=O) groups excluding carboxylic acids is 2. The van der Waals surface area contributed by atoms with Crippen LogP contribution < -0.4 is 15.4 Å². The van der Waals surface area contributed by atoms with Gasteiger partial charge < -0.3 is 25.0 Å². The van der Waals surface area contributed by atoms with E-state index in [2.05, 4.69) is 20.8 Å². The van der Waals surface area contributed by atoms with Crippen molar-refractivity contribution in [2.24, 2.45) is 0 Å². The molecule has 0 saturated carbocycles. The van der Waals surface area contributed by atoms with E-state index in [1.165, 1.54) is 11.8 Å². The number of nitrogens with one attached hydrogen (secondary N) is 2. The fourth-order valence-corrected chi connectivity index (χ4v) is 4.63. The number of aliphatic hydroxyl groups is 1. The van der Waals surface area contributed by atoms with Crippen LogP contribution in [0.2, 0.25) is 0 Å². The zero-order valence-corrected chi connectivity index (χ0v) is 21.4. The van der Waals surface area contributed by atoms with Crippen LogP contribution in [0.25, 0.3) is 0 Å². The van der Waals surface area contributed by atoms with Gasteiger partial charge in [0.1, 0.15) is 11.8 Å². The van der Waals surface area contributed by atoms with Gasteiger partial charge in [0.25, 0.3) is 5.91 Å². The van der Waals surface area contributed by atoms with Gasteiger partial charge in [0.05, 0.1) is 19.5 Å². The summed E-state index contributed by atoms with van der Waals surface area (Å²) in [7, 11) is 1.55. The molecule has 10 heteroatoms. The summed E-state index contributed by atoms with van der Waals surface area (Å²) in [5.41, 5.74) is 4.42. The van der Waals surface area contributed by atoms with Crippen LogP contribution in [-0.4, -0.2) is 51.2 Å². The number of ether oxygens (including phenoxy) is 1. The lowest BCUT2D eigenvalue weighted by Crippen LogP contribution is -2.32. The number of aliphatic hydroxyl groups excluding tert-OH is 1. The number of aryl methyl sites for hydroxylation is 3. The van der Waals surface area contributed by atoms with E-state index in [4.69, 9.17) is 4.74 Å². The van der Waals surface area contributed by atoms with Crippen LogP contribution in [0.5, 0.6) is 5.75 Å². The number of carbonyl (C=O) groups is 2. The molecule has 186 valence electrons. The number of methoxy groups -OCH3 is 1. The van der Waals surface area contributed by atoms with E-state index >= 15 is 0 Å². The summed E-state index contributed by atoms with van der Waals surface area (Å²) in [6, 6.07) is 9.98. The van der Waals surface area contributed by atoms with E-state index < -0.39 is 6.04 Å². The number of benzene rings is 2. The van der Waals surface area contributed by atoms with Crippen molar-refractivity contribution >= 4 is 29.3 Å². The lowest BCUT2D eigenvalue weighted by molar-refractivity contribution is -0.113. The number of hydrogen-bond donors (Lipinski definition) is 3. The Kier molecular flexibility index (Phi) is 8.89. The minimum atomic E-state index is -0.752. The van der Waals surface area contributed by atoms with Crippen molar-refractivity contribution in [3.8, 4) is 5.75 Å². The molecule has 0 aliphatic carbocycles. The van der Waals surface area contributed by atoms with Crippen molar-refractivity contribution in [3.05, 3.63) is 64.5 Å². The van der Waals surface area contributed by atoms with Crippen LogP contribution in [0.15, 0.2) is 41.6 Å². The van der Waals surface area contributed by atoms with Gasteiger partial charge in [0.2, 0.25) is 5.91 Å². The molecule has 3 N–H and O–H groups in total. The maximum atomic E-state index is 12.7. The second-order valence-corrected chi connectivity index (χ2v) is 9.08. The van der Waals surface area contributed by atoms with Crippen LogP contribution >= 0.6 is 11.8 Å². The summed E-state index contributed by atoms with van der Waals surface area (Å²) in [5, 5.41) is 24.7. The normalized spacial score (nSPS) is 11.7. The van der Waals surface area contributed by atoms with Crippen molar-refractivity contribution < 1.29 is 19.4 Å². The van der Waals surface area contributed by atoms with Gasteiger partial charge in [-0.2, -0.15) is 0 Å². The number of nitrogens with zero attached hydrogens (tertiary/aromatic N) is 3. The molecule has 1 atom stereocenters. The highest BCUT2D eigenvalue weighted by molar-refractivity contribution is 7.99. The molecule has 35 heavy (non-hydrogen) atoms. The third-order valence-electron chi connectivity index (χ3n) is 5.49. The molecule has 0 bridgehead atoms. The van der Waals surface area contributed by atoms with Crippen LogP contribution in [0.1, 0.15) is 45.8 Å². The van der Waals surface area contributed by atoms with E-state index in [9.17, 15) is 14.7 Å².